The van der Waals surface area contributed by atoms with Gasteiger partial charge in [0.25, 0.3) is 0 Å². The van der Waals surface area contributed by atoms with Crippen LogP contribution in [0.1, 0.15) is 35.6 Å². The molecule has 1 unspecified atom stereocenters. The van der Waals surface area contributed by atoms with Gasteiger partial charge in [-0.2, -0.15) is 5.10 Å². The van der Waals surface area contributed by atoms with Gasteiger partial charge in [-0.05, 0) is 43.5 Å². The number of para-hydroxylation sites is 1. The van der Waals surface area contributed by atoms with Crippen molar-refractivity contribution in [1.29, 1.82) is 0 Å². The Bertz CT molecular complexity index is 1130. The molecule has 0 saturated carbocycles. The molecule has 1 aliphatic rings. The summed E-state index contributed by atoms with van der Waals surface area (Å²) in [6.45, 7) is 5.26. The summed E-state index contributed by atoms with van der Waals surface area (Å²) < 4.78 is 0. The number of piperidine rings is 1. The summed E-state index contributed by atoms with van der Waals surface area (Å²) in [5, 5.41) is 8.93. The quantitative estimate of drug-likeness (QED) is 0.520. The van der Waals surface area contributed by atoms with Gasteiger partial charge in [-0.3, -0.25) is 15.0 Å². The van der Waals surface area contributed by atoms with Gasteiger partial charge in [0.1, 0.15) is 0 Å². The minimum atomic E-state index is 0.477. The van der Waals surface area contributed by atoms with E-state index in [0.29, 0.717) is 5.92 Å². The molecule has 2 aromatic heterocycles. The van der Waals surface area contributed by atoms with Gasteiger partial charge in [-0.25, -0.2) is 0 Å². The maximum absolute atomic E-state index is 4.63. The lowest BCUT2D eigenvalue weighted by Gasteiger charge is -2.33. The molecule has 0 radical (unpaired) electrons. The maximum Gasteiger partial charge on any atom is 0.0746 e. The van der Waals surface area contributed by atoms with Crippen LogP contribution in [0, 0.1) is 6.92 Å². The lowest BCUT2D eigenvalue weighted by molar-refractivity contribution is 0.199. The molecule has 1 fully saturated rings. The summed E-state index contributed by atoms with van der Waals surface area (Å²) in [4.78, 5) is 7.20. The fourth-order valence-corrected chi connectivity index (χ4v) is 4.62. The van der Waals surface area contributed by atoms with Crippen molar-refractivity contribution in [2.75, 3.05) is 13.1 Å². The first-order valence-electron chi connectivity index (χ1n) is 10.4. The van der Waals surface area contributed by atoms with Gasteiger partial charge in [-0.1, -0.05) is 54.1 Å². The molecule has 4 nitrogen and oxygen atoms in total. The van der Waals surface area contributed by atoms with Crippen molar-refractivity contribution in [1.82, 2.24) is 20.1 Å². The van der Waals surface area contributed by atoms with Gasteiger partial charge in [-0.15, -0.1) is 0 Å². The second-order valence-electron chi connectivity index (χ2n) is 8.13. The number of aromatic amines is 1. The Morgan fingerprint density at radius 3 is 2.93 bits per heavy atom. The smallest absolute Gasteiger partial charge is 0.0746 e. The standard InChI is InChI=1S/C25H26N4/c1-18-6-2-8-20(14-18)23-15-27-28-25(23)22-11-5-13-29(17-22)16-21-9-3-7-19-10-4-12-26-24(19)21/h2-4,6-10,12,14-15,22H,5,11,13,16-17H2,1H3,(H,27,28). The number of aryl methyl sites for hydroxylation is 1. The molecule has 2 aromatic carbocycles. The van der Waals surface area contributed by atoms with E-state index in [1.807, 2.05) is 18.5 Å². The lowest BCUT2D eigenvalue weighted by atomic mass is 9.90. The van der Waals surface area contributed by atoms with E-state index in [-0.39, 0.29) is 0 Å². The highest BCUT2D eigenvalue weighted by molar-refractivity contribution is 5.81. The average Bonchev–Trinajstić information content (AvgIpc) is 3.24. The van der Waals surface area contributed by atoms with Crippen LogP contribution in [0.3, 0.4) is 0 Å². The Hall–Kier alpha value is -2.98. The Kier molecular flexibility index (Phi) is 4.86. The van der Waals surface area contributed by atoms with Gasteiger partial charge in [0.2, 0.25) is 0 Å². The summed E-state index contributed by atoms with van der Waals surface area (Å²) in [5.41, 5.74) is 7.49. The van der Waals surface area contributed by atoms with Gasteiger partial charge in [0.05, 0.1) is 11.7 Å². The van der Waals surface area contributed by atoms with Crippen molar-refractivity contribution in [3.8, 4) is 11.1 Å². The largest absolute Gasteiger partial charge is 0.298 e. The SMILES string of the molecule is Cc1cccc(-c2cn[nH]c2C2CCCN(Cc3cccc4cccnc34)C2)c1. The first kappa shape index (κ1) is 18.1. The third-order valence-corrected chi connectivity index (χ3v) is 6.02. The minimum Gasteiger partial charge on any atom is -0.298 e. The van der Waals surface area contributed by atoms with E-state index in [4.69, 9.17) is 0 Å². The molecule has 0 aliphatic carbocycles. The number of hydrogen-bond donors (Lipinski definition) is 1. The van der Waals surface area contributed by atoms with Crippen LogP contribution < -0.4 is 0 Å². The minimum absolute atomic E-state index is 0.477. The zero-order chi connectivity index (χ0) is 19.6. The van der Waals surface area contributed by atoms with E-state index in [0.717, 1.165) is 25.2 Å². The van der Waals surface area contributed by atoms with Crippen molar-refractivity contribution in [2.45, 2.75) is 32.2 Å². The van der Waals surface area contributed by atoms with Crippen molar-refractivity contribution < 1.29 is 0 Å². The number of nitrogens with one attached hydrogen (secondary N) is 1. The second kappa shape index (κ2) is 7.80. The average molecular weight is 383 g/mol. The summed E-state index contributed by atoms with van der Waals surface area (Å²) >= 11 is 0. The third kappa shape index (κ3) is 3.68. The molecule has 3 heterocycles. The number of hydrogen-bond acceptors (Lipinski definition) is 3. The van der Waals surface area contributed by atoms with E-state index in [1.165, 1.54) is 46.2 Å². The molecular weight excluding hydrogens is 356 g/mol. The second-order valence-corrected chi connectivity index (χ2v) is 8.13. The van der Waals surface area contributed by atoms with E-state index in [2.05, 4.69) is 75.5 Å². The molecule has 1 aliphatic heterocycles. The molecule has 29 heavy (non-hydrogen) atoms. The third-order valence-electron chi connectivity index (χ3n) is 6.02. The number of fused-ring (bicyclic) bond motifs is 1. The number of benzene rings is 2. The van der Waals surface area contributed by atoms with Gasteiger partial charge >= 0.3 is 0 Å². The normalized spacial score (nSPS) is 17.6. The molecule has 0 amide bonds. The number of nitrogens with zero attached hydrogens (tertiary/aromatic N) is 3. The first-order chi connectivity index (χ1) is 14.3. The number of H-pyrrole nitrogens is 1. The van der Waals surface area contributed by atoms with Crippen LogP contribution in [0.4, 0.5) is 0 Å². The first-order valence-corrected chi connectivity index (χ1v) is 10.4. The predicted molar refractivity (Wildman–Crippen MR) is 118 cm³/mol. The Labute approximate surface area is 171 Å². The van der Waals surface area contributed by atoms with Crippen molar-refractivity contribution in [3.63, 3.8) is 0 Å². The van der Waals surface area contributed by atoms with Crippen LogP contribution in [0.5, 0.6) is 0 Å². The van der Waals surface area contributed by atoms with Crippen LogP contribution in [0.25, 0.3) is 22.0 Å². The Balaban J connectivity index is 1.39. The highest BCUT2D eigenvalue weighted by Gasteiger charge is 2.25. The Morgan fingerprint density at radius 2 is 2.00 bits per heavy atom. The Morgan fingerprint density at radius 1 is 1.10 bits per heavy atom. The number of likely N-dealkylation sites (tertiary alicyclic amines) is 1. The van der Waals surface area contributed by atoms with Gasteiger partial charge in [0, 0.05) is 41.8 Å². The molecule has 0 spiro atoms. The molecule has 146 valence electrons. The van der Waals surface area contributed by atoms with Crippen LogP contribution in [-0.4, -0.2) is 33.2 Å². The maximum atomic E-state index is 4.63. The van der Waals surface area contributed by atoms with E-state index < -0.39 is 0 Å². The van der Waals surface area contributed by atoms with Crippen molar-refractivity contribution in [2.24, 2.45) is 0 Å². The predicted octanol–water partition coefficient (Wildman–Crippen LogP) is 5.31. The molecule has 1 saturated heterocycles. The summed E-state index contributed by atoms with van der Waals surface area (Å²) in [5.74, 6) is 0.477. The summed E-state index contributed by atoms with van der Waals surface area (Å²) in [6, 6.07) is 19.4. The highest BCUT2D eigenvalue weighted by Crippen LogP contribution is 2.34. The number of pyridine rings is 1. The lowest BCUT2D eigenvalue weighted by Crippen LogP contribution is -2.34. The van der Waals surface area contributed by atoms with Crippen molar-refractivity contribution >= 4 is 10.9 Å². The molecule has 4 heteroatoms. The van der Waals surface area contributed by atoms with Crippen LogP contribution in [0.2, 0.25) is 0 Å². The fraction of sp³-hybridized carbons (Fsp3) is 0.280. The van der Waals surface area contributed by atoms with Gasteiger partial charge < -0.3 is 0 Å². The van der Waals surface area contributed by atoms with Crippen LogP contribution in [-0.2, 0) is 6.54 Å². The topological polar surface area (TPSA) is 44.8 Å². The molecule has 0 bridgehead atoms. The highest BCUT2D eigenvalue weighted by atomic mass is 15.2. The van der Waals surface area contributed by atoms with E-state index in [9.17, 15) is 0 Å². The van der Waals surface area contributed by atoms with Crippen LogP contribution >= 0.6 is 0 Å². The summed E-state index contributed by atoms with van der Waals surface area (Å²) in [6.07, 6.45) is 6.28. The molecule has 1 atom stereocenters. The molecule has 1 N–H and O–H groups in total. The van der Waals surface area contributed by atoms with Gasteiger partial charge in [0.15, 0.2) is 0 Å². The van der Waals surface area contributed by atoms with Crippen molar-refractivity contribution in [3.05, 3.63) is 83.8 Å². The molecule has 5 rings (SSSR count). The summed E-state index contributed by atoms with van der Waals surface area (Å²) in [7, 11) is 0. The monoisotopic (exact) mass is 382 g/mol. The zero-order valence-electron chi connectivity index (χ0n) is 16.8. The number of rotatable bonds is 4. The van der Waals surface area contributed by atoms with E-state index in [1.54, 1.807) is 0 Å². The van der Waals surface area contributed by atoms with E-state index >= 15 is 0 Å². The molecular formula is C25H26N4. The zero-order valence-corrected chi connectivity index (χ0v) is 16.8. The number of aromatic nitrogens is 3. The molecule has 4 aromatic rings. The fourth-order valence-electron chi connectivity index (χ4n) is 4.62. The van der Waals surface area contributed by atoms with Crippen LogP contribution in [0.15, 0.2) is 67.0 Å².